The Kier molecular flexibility index (Phi) is 3.85. The maximum absolute atomic E-state index is 12.4. The number of nitrogens with zero attached hydrogens (tertiary/aromatic N) is 2. The van der Waals surface area contributed by atoms with E-state index < -0.39 is 0 Å². The molecule has 0 aromatic carbocycles. The van der Waals surface area contributed by atoms with Gasteiger partial charge in [0.05, 0.1) is 6.04 Å². The number of amides is 1. The summed E-state index contributed by atoms with van der Waals surface area (Å²) in [5.74, 6) is 0.358. The fourth-order valence-electron chi connectivity index (χ4n) is 3.63. The lowest BCUT2D eigenvalue weighted by atomic mass is 10.0. The Morgan fingerprint density at radius 1 is 1.00 bits per heavy atom. The van der Waals surface area contributed by atoms with E-state index in [2.05, 4.69) is 15.1 Å². The molecule has 0 aromatic rings. The summed E-state index contributed by atoms with van der Waals surface area (Å²) < 4.78 is 0. The molecule has 4 heteroatoms. The van der Waals surface area contributed by atoms with Crippen molar-refractivity contribution >= 4 is 5.91 Å². The predicted molar refractivity (Wildman–Crippen MR) is 71.4 cm³/mol. The minimum absolute atomic E-state index is 0.107. The van der Waals surface area contributed by atoms with Crippen LogP contribution in [0.2, 0.25) is 0 Å². The number of rotatable bonds is 2. The van der Waals surface area contributed by atoms with Gasteiger partial charge in [-0.2, -0.15) is 0 Å². The number of likely N-dealkylation sites (tertiary alicyclic amines) is 2. The quantitative estimate of drug-likeness (QED) is 0.789. The molecule has 102 valence electrons. The van der Waals surface area contributed by atoms with E-state index in [1.807, 2.05) is 0 Å². The molecule has 4 nitrogen and oxygen atoms in total. The molecule has 3 heterocycles. The average molecular weight is 251 g/mol. The SMILES string of the molecule is O=C([C@H]1CCCCN1)N1CCC(N2CCCC2)C1. The molecule has 0 saturated carbocycles. The van der Waals surface area contributed by atoms with Crippen molar-refractivity contribution in [3.8, 4) is 0 Å². The highest BCUT2D eigenvalue weighted by Crippen LogP contribution is 2.21. The highest BCUT2D eigenvalue weighted by molar-refractivity contribution is 5.82. The molecule has 0 aliphatic carbocycles. The van der Waals surface area contributed by atoms with Crippen LogP contribution in [0.4, 0.5) is 0 Å². The molecule has 2 atom stereocenters. The van der Waals surface area contributed by atoms with E-state index >= 15 is 0 Å². The lowest BCUT2D eigenvalue weighted by Crippen LogP contribution is -2.48. The number of hydrogen-bond donors (Lipinski definition) is 1. The first-order chi connectivity index (χ1) is 8.84. The van der Waals surface area contributed by atoms with Crippen molar-refractivity contribution in [1.82, 2.24) is 15.1 Å². The fourth-order valence-corrected chi connectivity index (χ4v) is 3.63. The van der Waals surface area contributed by atoms with Crippen LogP contribution in [0.5, 0.6) is 0 Å². The lowest BCUT2D eigenvalue weighted by molar-refractivity contribution is -0.133. The first kappa shape index (κ1) is 12.4. The van der Waals surface area contributed by atoms with Gasteiger partial charge in [-0.3, -0.25) is 9.69 Å². The minimum atomic E-state index is 0.107. The van der Waals surface area contributed by atoms with E-state index in [9.17, 15) is 4.79 Å². The first-order valence-electron chi connectivity index (χ1n) is 7.61. The molecule has 3 saturated heterocycles. The number of hydrogen-bond acceptors (Lipinski definition) is 3. The van der Waals surface area contributed by atoms with E-state index in [0.29, 0.717) is 11.9 Å². The van der Waals surface area contributed by atoms with Crippen molar-refractivity contribution in [2.45, 2.75) is 50.6 Å². The standard InChI is InChI=1S/C14H25N3O/c18-14(13-5-1-2-7-15-13)17-10-6-12(11-17)16-8-3-4-9-16/h12-13,15H,1-11H2/t12?,13-/m1/s1. The second kappa shape index (κ2) is 5.57. The van der Waals surface area contributed by atoms with E-state index in [1.54, 1.807) is 0 Å². The van der Waals surface area contributed by atoms with E-state index in [4.69, 9.17) is 0 Å². The second-order valence-electron chi connectivity index (χ2n) is 5.97. The summed E-state index contributed by atoms with van der Waals surface area (Å²) in [4.78, 5) is 17.1. The second-order valence-corrected chi connectivity index (χ2v) is 5.97. The van der Waals surface area contributed by atoms with Crippen LogP contribution >= 0.6 is 0 Å². The molecule has 0 aromatic heterocycles. The van der Waals surface area contributed by atoms with Gasteiger partial charge in [-0.25, -0.2) is 0 Å². The normalized spacial score (nSPS) is 34.1. The van der Waals surface area contributed by atoms with Crippen molar-refractivity contribution in [1.29, 1.82) is 0 Å². The molecule has 3 rings (SSSR count). The van der Waals surface area contributed by atoms with Crippen molar-refractivity contribution in [3.63, 3.8) is 0 Å². The fraction of sp³-hybridized carbons (Fsp3) is 0.929. The topological polar surface area (TPSA) is 35.6 Å². The van der Waals surface area contributed by atoms with E-state index in [1.165, 1.54) is 45.2 Å². The zero-order valence-corrected chi connectivity index (χ0v) is 11.2. The molecule has 0 bridgehead atoms. The number of nitrogens with one attached hydrogen (secondary N) is 1. The Bertz CT molecular complexity index is 295. The zero-order chi connectivity index (χ0) is 12.4. The van der Waals surface area contributed by atoms with Crippen molar-refractivity contribution in [2.24, 2.45) is 0 Å². The molecule has 3 fully saturated rings. The van der Waals surface area contributed by atoms with Gasteiger partial charge >= 0.3 is 0 Å². The third-order valence-electron chi connectivity index (χ3n) is 4.74. The summed E-state index contributed by atoms with van der Waals surface area (Å²) >= 11 is 0. The van der Waals surface area contributed by atoms with Gasteiger partial charge in [0.2, 0.25) is 5.91 Å². The van der Waals surface area contributed by atoms with E-state index in [-0.39, 0.29) is 6.04 Å². The van der Waals surface area contributed by atoms with Gasteiger partial charge in [-0.05, 0) is 51.7 Å². The number of carbonyl (C=O) groups excluding carboxylic acids is 1. The Hall–Kier alpha value is -0.610. The molecular weight excluding hydrogens is 226 g/mol. The maximum Gasteiger partial charge on any atom is 0.239 e. The van der Waals surface area contributed by atoms with Crippen molar-refractivity contribution in [3.05, 3.63) is 0 Å². The highest BCUT2D eigenvalue weighted by atomic mass is 16.2. The zero-order valence-electron chi connectivity index (χ0n) is 11.2. The number of carbonyl (C=O) groups is 1. The van der Waals surface area contributed by atoms with Gasteiger partial charge in [0.15, 0.2) is 0 Å². The van der Waals surface area contributed by atoms with E-state index in [0.717, 1.165) is 26.1 Å². The third kappa shape index (κ3) is 2.54. The van der Waals surface area contributed by atoms with Crippen LogP contribution in [0.25, 0.3) is 0 Å². The molecule has 18 heavy (non-hydrogen) atoms. The van der Waals surface area contributed by atoms with Crippen LogP contribution in [0, 0.1) is 0 Å². The summed E-state index contributed by atoms with van der Waals surface area (Å²) in [5, 5.41) is 3.38. The Labute approximate surface area is 110 Å². The Morgan fingerprint density at radius 2 is 1.83 bits per heavy atom. The van der Waals surface area contributed by atoms with Gasteiger partial charge in [0.1, 0.15) is 0 Å². The predicted octanol–water partition coefficient (Wildman–Crippen LogP) is 0.825. The largest absolute Gasteiger partial charge is 0.340 e. The summed E-state index contributed by atoms with van der Waals surface area (Å²) in [6, 6.07) is 0.746. The molecule has 3 aliphatic rings. The Morgan fingerprint density at radius 3 is 2.56 bits per heavy atom. The third-order valence-corrected chi connectivity index (χ3v) is 4.74. The van der Waals surface area contributed by atoms with Crippen LogP contribution in [0.3, 0.4) is 0 Å². The highest BCUT2D eigenvalue weighted by Gasteiger charge is 2.34. The van der Waals surface area contributed by atoms with Crippen molar-refractivity contribution < 1.29 is 4.79 Å². The molecular formula is C14H25N3O. The monoisotopic (exact) mass is 251 g/mol. The summed E-state index contributed by atoms with van der Waals surface area (Å²) in [5.41, 5.74) is 0. The van der Waals surface area contributed by atoms with Gasteiger partial charge in [0, 0.05) is 19.1 Å². The summed E-state index contributed by atoms with van der Waals surface area (Å²) in [7, 11) is 0. The first-order valence-corrected chi connectivity index (χ1v) is 7.61. The maximum atomic E-state index is 12.4. The number of piperidine rings is 1. The smallest absolute Gasteiger partial charge is 0.239 e. The van der Waals surface area contributed by atoms with Crippen LogP contribution in [0.1, 0.15) is 38.5 Å². The summed E-state index contributed by atoms with van der Waals surface area (Å²) in [6.45, 7) is 5.44. The van der Waals surface area contributed by atoms with Crippen LogP contribution in [-0.4, -0.2) is 60.5 Å². The molecule has 1 unspecified atom stereocenters. The van der Waals surface area contributed by atoms with Gasteiger partial charge in [-0.15, -0.1) is 0 Å². The Balaban J connectivity index is 1.52. The molecule has 3 aliphatic heterocycles. The lowest BCUT2D eigenvalue weighted by Gasteiger charge is -2.28. The molecule has 0 radical (unpaired) electrons. The van der Waals surface area contributed by atoms with Gasteiger partial charge in [-0.1, -0.05) is 6.42 Å². The van der Waals surface area contributed by atoms with Crippen molar-refractivity contribution in [2.75, 3.05) is 32.7 Å². The minimum Gasteiger partial charge on any atom is -0.340 e. The molecule has 1 amide bonds. The molecule has 1 N–H and O–H groups in total. The van der Waals surface area contributed by atoms with Crippen LogP contribution in [0.15, 0.2) is 0 Å². The van der Waals surface area contributed by atoms with Crippen LogP contribution < -0.4 is 5.32 Å². The van der Waals surface area contributed by atoms with Gasteiger partial charge in [0.25, 0.3) is 0 Å². The van der Waals surface area contributed by atoms with Crippen LogP contribution in [-0.2, 0) is 4.79 Å². The van der Waals surface area contributed by atoms with Gasteiger partial charge < -0.3 is 10.2 Å². The average Bonchev–Trinajstić information content (AvgIpc) is 3.09. The summed E-state index contributed by atoms with van der Waals surface area (Å²) in [6.07, 6.45) is 7.32. The molecule has 0 spiro atoms.